The lowest BCUT2D eigenvalue weighted by Gasteiger charge is -2.36. The van der Waals surface area contributed by atoms with Crippen molar-refractivity contribution in [2.24, 2.45) is 0 Å². The number of hydrogen-bond acceptors (Lipinski definition) is 1. The Hall–Kier alpha value is -1.73. The molecule has 2 aromatic carbocycles. The van der Waals surface area contributed by atoms with E-state index in [2.05, 4.69) is 15.8 Å². The molecule has 0 amide bonds. The molecule has 0 aromatic heterocycles. The maximum atomic E-state index is 13.9. The van der Waals surface area contributed by atoms with Crippen molar-refractivity contribution in [3.05, 3.63) is 54.6 Å². The number of benzene rings is 2. The number of hydrogen-bond donors (Lipinski definition) is 1. The van der Waals surface area contributed by atoms with Gasteiger partial charge in [0.15, 0.2) is 0 Å². The van der Waals surface area contributed by atoms with Gasteiger partial charge in [-0.1, -0.05) is 49.6 Å². The van der Waals surface area contributed by atoms with Crippen molar-refractivity contribution in [3.8, 4) is 0 Å². The molecule has 22 heavy (non-hydrogen) atoms. The highest BCUT2D eigenvalue weighted by Gasteiger charge is 2.44. The number of fused-ring (bicyclic) bond motifs is 1. The molecule has 2 aromatic rings. The van der Waals surface area contributed by atoms with Gasteiger partial charge in [-0.2, -0.15) is 0 Å². The fraction of sp³-hybridized carbons (Fsp3) is 0.333. The first kappa shape index (κ1) is 13.9. The second-order valence-corrected chi connectivity index (χ2v) is 8.50. The summed E-state index contributed by atoms with van der Waals surface area (Å²) in [6.07, 6.45) is 6.03. The molecule has 1 atom stereocenters. The van der Waals surface area contributed by atoms with Gasteiger partial charge in [0.2, 0.25) is 0 Å². The van der Waals surface area contributed by atoms with Gasteiger partial charge >= 0.3 is 0 Å². The standard InChI is InChI=1S/C18H21N2OP/c21-22(16-11-5-2-6-12-16)19-17-13-7-8-14-18(17)20(22)15-9-3-1-4-10-15/h2,5-8,11-15H,1,3-4,9-10H2,(H,19,21). The third-order valence-electron chi connectivity index (χ3n) is 4.75. The van der Waals surface area contributed by atoms with Gasteiger partial charge in [0.05, 0.1) is 16.7 Å². The van der Waals surface area contributed by atoms with Crippen LogP contribution < -0.4 is 15.1 Å². The number of rotatable bonds is 2. The van der Waals surface area contributed by atoms with Gasteiger partial charge in [0.1, 0.15) is 0 Å². The zero-order valence-electron chi connectivity index (χ0n) is 12.6. The fourth-order valence-corrected chi connectivity index (χ4v) is 6.45. The smallest absolute Gasteiger partial charge is 0.290 e. The summed E-state index contributed by atoms with van der Waals surface area (Å²) in [6.45, 7) is 0. The molecule has 0 spiro atoms. The molecule has 1 aliphatic heterocycles. The molecule has 0 bridgehead atoms. The first-order valence-electron chi connectivity index (χ1n) is 8.12. The highest BCUT2D eigenvalue weighted by Crippen LogP contribution is 2.61. The largest absolute Gasteiger partial charge is 0.315 e. The van der Waals surface area contributed by atoms with Crippen LogP contribution in [0.5, 0.6) is 0 Å². The fourth-order valence-electron chi connectivity index (χ4n) is 3.71. The van der Waals surface area contributed by atoms with E-state index in [9.17, 15) is 4.57 Å². The third kappa shape index (κ3) is 2.16. The minimum absolute atomic E-state index is 0.371. The summed E-state index contributed by atoms with van der Waals surface area (Å²) < 4.78 is 16.1. The predicted octanol–water partition coefficient (Wildman–Crippen LogP) is 4.77. The normalized spacial score (nSPS) is 24.8. The molecule has 2 aliphatic rings. The summed E-state index contributed by atoms with van der Waals surface area (Å²) in [7, 11) is -2.80. The molecule has 1 N–H and O–H groups in total. The Morgan fingerprint density at radius 2 is 1.59 bits per heavy atom. The van der Waals surface area contributed by atoms with Crippen LogP contribution >= 0.6 is 7.44 Å². The lowest BCUT2D eigenvalue weighted by atomic mass is 9.95. The summed E-state index contributed by atoms with van der Waals surface area (Å²) >= 11 is 0. The SMILES string of the molecule is O=P1(c2ccccc2)Nc2ccccc2N1C1CCCCC1. The van der Waals surface area contributed by atoms with E-state index in [0.717, 1.165) is 29.5 Å². The molecule has 4 heteroatoms. The maximum Gasteiger partial charge on any atom is 0.290 e. The Morgan fingerprint density at radius 1 is 0.909 bits per heavy atom. The Morgan fingerprint density at radius 3 is 2.36 bits per heavy atom. The molecule has 3 nitrogen and oxygen atoms in total. The molecule has 114 valence electrons. The minimum atomic E-state index is -2.80. The topological polar surface area (TPSA) is 32.3 Å². The third-order valence-corrected chi connectivity index (χ3v) is 7.44. The van der Waals surface area contributed by atoms with Crippen molar-refractivity contribution in [1.29, 1.82) is 0 Å². The van der Waals surface area contributed by atoms with Crippen LogP contribution in [0.3, 0.4) is 0 Å². The van der Waals surface area contributed by atoms with Gasteiger partial charge in [-0.3, -0.25) is 9.24 Å². The van der Waals surface area contributed by atoms with Gasteiger partial charge in [-0.25, -0.2) is 0 Å². The van der Waals surface area contributed by atoms with Crippen LogP contribution in [0, 0.1) is 0 Å². The highest BCUT2D eigenvalue weighted by atomic mass is 31.2. The van der Waals surface area contributed by atoms with Crippen molar-refractivity contribution >= 4 is 24.1 Å². The van der Waals surface area contributed by atoms with Crippen LogP contribution in [0.1, 0.15) is 32.1 Å². The Labute approximate surface area is 131 Å². The van der Waals surface area contributed by atoms with Crippen molar-refractivity contribution in [1.82, 2.24) is 0 Å². The summed E-state index contributed by atoms with van der Waals surface area (Å²) in [4.78, 5) is 0. The van der Waals surface area contributed by atoms with Crippen molar-refractivity contribution in [2.45, 2.75) is 38.1 Å². The van der Waals surface area contributed by atoms with Crippen molar-refractivity contribution in [3.63, 3.8) is 0 Å². The predicted molar refractivity (Wildman–Crippen MR) is 93.1 cm³/mol. The van der Waals surface area contributed by atoms with Crippen LogP contribution in [0.2, 0.25) is 0 Å². The molecule has 0 radical (unpaired) electrons. The monoisotopic (exact) mass is 312 g/mol. The Bertz CT molecular complexity index is 710. The number of nitrogens with zero attached hydrogens (tertiary/aromatic N) is 1. The van der Waals surface area contributed by atoms with Crippen LogP contribution in [-0.4, -0.2) is 6.04 Å². The van der Waals surface area contributed by atoms with E-state index in [1.54, 1.807) is 0 Å². The molecule has 1 heterocycles. The van der Waals surface area contributed by atoms with Crippen molar-refractivity contribution < 1.29 is 4.57 Å². The van der Waals surface area contributed by atoms with Gasteiger partial charge in [0, 0.05) is 6.04 Å². The summed E-state index contributed by atoms with van der Waals surface area (Å²) in [5, 5.41) is 4.26. The quantitative estimate of drug-likeness (QED) is 0.811. The van der Waals surface area contributed by atoms with Gasteiger partial charge < -0.3 is 5.09 Å². The van der Waals surface area contributed by atoms with Gasteiger partial charge in [0.25, 0.3) is 7.44 Å². The molecule has 1 fully saturated rings. The number of para-hydroxylation sites is 2. The molecule has 1 unspecified atom stereocenters. The van der Waals surface area contributed by atoms with E-state index >= 15 is 0 Å². The Kier molecular flexibility index (Phi) is 3.46. The van der Waals surface area contributed by atoms with Crippen LogP contribution in [0.4, 0.5) is 11.4 Å². The molecular weight excluding hydrogens is 291 g/mol. The number of nitrogens with one attached hydrogen (secondary N) is 1. The zero-order chi connectivity index (χ0) is 15.0. The lowest BCUT2D eigenvalue weighted by Crippen LogP contribution is -2.36. The zero-order valence-corrected chi connectivity index (χ0v) is 13.5. The van der Waals surface area contributed by atoms with Crippen molar-refractivity contribution in [2.75, 3.05) is 9.76 Å². The first-order chi connectivity index (χ1) is 10.8. The average molecular weight is 312 g/mol. The second-order valence-electron chi connectivity index (χ2n) is 6.18. The molecule has 1 saturated carbocycles. The maximum absolute atomic E-state index is 13.9. The Balaban J connectivity index is 1.82. The number of anilines is 2. The second kappa shape index (κ2) is 5.48. The summed E-state index contributed by atoms with van der Waals surface area (Å²) in [5.74, 6) is 0. The first-order valence-corrected chi connectivity index (χ1v) is 9.78. The van der Waals surface area contributed by atoms with Crippen LogP contribution in [-0.2, 0) is 4.57 Å². The summed E-state index contributed by atoms with van der Waals surface area (Å²) in [5.41, 5.74) is 2.10. The van der Waals surface area contributed by atoms with E-state index in [1.807, 2.05) is 48.5 Å². The van der Waals surface area contributed by atoms with Gasteiger partial charge in [-0.05, 0) is 37.1 Å². The molecule has 4 rings (SSSR count). The molecule has 1 aliphatic carbocycles. The molecule has 0 saturated heterocycles. The van der Waals surface area contributed by atoms with Crippen LogP contribution in [0.15, 0.2) is 54.6 Å². The molecular formula is C18H21N2OP. The van der Waals surface area contributed by atoms with E-state index in [1.165, 1.54) is 19.3 Å². The lowest BCUT2D eigenvalue weighted by molar-refractivity contribution is 0.441. The van der Waals surface area contributed by atoms with E-state index in [-0.39, 0.29) is 0 Å². The van der Waals surface area contributed by atoms with Gasteiger partial charge in [-0.15, -0.1) is 0 Å². The van der Waals surface area contributed by atoms with E-state index < -0.39 is 7.44 Å². The summed E-state index contributed by atoms with van der Waals surface area (Å²) in [6, 6.07) is 18.4. The highest BCUT2D eigenvalue weighted by molar-refractivity contribution is 7.75. The van der Waals surface area contributed by atoms with E-state index in [4.69, 9.17) is 0 Å². The average Bonchev–Trinajstić information content (AvgIpc) is 2.90. The minimum Gasteiger partial charge on any atom is -0.315 e. The van der Waals surface area contributed by atoms with Crippen LogP contribution in [0.25, 0.3) is 0 Å². The van der Waals surface area contributed by atoms with E-state index in [0.29, 0.717) is 6.04 Å².